The fourth-order valence-electron chi connectivity index (χ4n) is 1.61. The molecule has 1 N–H and O–H groups in total. The largest absolute Gasteiger partial charge is 0.380 e. The maximum absolute atomic E-state index is 10.9. The second kappa shape index (κ2) is 8.15. The fraction of sp³-hybridized carbons (Fsp3) is 0.538. The normalized spacial score (nSPS) is 10.6. The van der Waals surface area contributed by atoms with Crippen LogP contribution < -0.4 is 5.32 Å². The maximum atomic E-state index is 10.9. The van der Waals surface area contributed by atoms with Crippen LogP contribution in [0, 0.1) is 26.1 Å². The Kier molecular flexibility index (Phi) is 6.54. The van der Waals surface area contributed by atoms with Crippen LogP contribution in [0.25, 0.3) is 0 Å². The highest BCUT2D eigenvalue weighted by Gasteiger charge is 2.18. The van der Waals surface area contributed by atoms with Crippen LogP contribution in [0.2, 0.25) is 0 Å². The Hall–Kier alpha value is -2.22. The lowest BCUT2D eigenvalue weighted by Crippen LogP contribution is -2.12. The smallest absolute Gasteiger partial charge is 0.299 e. The number of nitro groups is 2. The summed E-state index contributed by atoms with van der Waals surface area (Å²) in [5.41, 5.74) is -0.370. The van der Waals surface area contributed by atoms with E-state index in [9.17, 15) is 20.2 Å². The standard InChI is InChI=1S/C13H19N3O5/c1-10(2)5-7-21-8-6-14-12-4-3-11(15(17)18)9-13(12)16(19)20/h3-4,9-10,14H,5-8H2,1-2H3. The van der Waals surface area contributed by atoms with Gasteiger partial charge in [-0.25, -0.2) is 0 Å². The quantitative estimate of drug-likeness (QED) is 0.426. The van der Waals surface area contributed by atoms with Crippen molar-refractivity contribution in [3.63, 3.8) is 0 Å². The zero-order chi connectivity index (χ0) is 15.8. The van der Waals surface area contributed by atoms with Crippen LogP contribution in [0.1, 0.15) is 20.3 Å². The summed E-state index contributed by atoms with van der Waals surface area (Å²) < 4.78 is 5.39. The van der Waals surface area contributed by atoms with E-state index in [1.807, 2.05) is 0 Å². The van der Waals surface area contributed by atoms with Gasteiger partial charge in [-0.05, 0) is 18.4 Å². The van der Waals surface area contributed by atoms with E-state index >= 15 is 0 Å². The Bertz CT molecular complexity index is 505. The molecule has 0 radical (unpaired) electrons. The van der Waals surface area contributed by atoms with Crippen molar-refractivity contribution >= 4 is 17.1 Å². The summed E-state index contributed by atoms with van der Waals surface area (Å²) in [5.74, 6) is 0.564. The third-order valence-electron chi connectivity index (χ3n) is 2.79. The summed E-state index contributed by atoms with van der Waals surface area (Å²) in [7, 11) is 0. The van der Waals surface area contributed by atoms with Crippen molar-refractivity contribution in [1.29, 1.82) is 0 Å². The number of hydrogen-bond donors (Lipinski definition) is 1. The fourth-order valence-corrected chi connectivity index (χ4v) is 1.61. The minimum absolute atomic E-state index is 0.248. The van der Waals surface area contributed by atoms with Gasteiger partial charge in [0.15, 0.2) is 0 Å². The van der Waals surface area contributed by atoms with Gasteiger partial charge in [-0.1, -0.05) is 13.8 Å². The van der Waals surface area contributed by atoms with Gasteiger partial charge in [-0.2, -0.15) is 0 Å². The molecule has 0 unspecified atom stereocenters. The van der Waals surface area contributed by atoms with Gasteiger partial charge < -0.3 is 10.1 Å². The average molecular weight is 297 g/mol. The lowest BCUT2D eigenvalue weighted by Gasteiger charge is -2.09. The first-order chi connectivity index (χ1) is 9.91. The zero-order valence-corrected chi connectivity index (χ0v) is 12.1. The monoisotopic (exact) mass is 297 g/mol. The van der Waals surface area contributed by atoms with E-state index in [1.165, 1.54) is 12.1 Å². The first-order valence-electron chi connectivity index (χ1n) is 6.66. The van der Waals surface area contributed by atoms with E-state index < -0.39 is 9.85 Å². The SMILES string of the molecule is CC(C)CCOCCNc1ccc([N+](=O)[O-])cc1[N+](=O)[O-]. The number of nitrogens with zero attached hydrogens (tertiary/aromatic N) is 2. The van der Waals surface area contributed by atoms with Crippen molar-refractivity contribution < 1.29 is 14.6 Å². The molecule has 116 valence electrons. The Labute approximate surface area is 122 Å². The molecule has 0 aromatic heterocycles. The number of rotatable bonds is 9. The predicted octanol–water partition coefficient (Wildman–Crippen LogP) is 2.98. The first kappa shape index (κ1) is 16.8. The number of benzene rings is 1. The number of nitrogens with one attached hydrogen (secondary N) is 1. The molecule has 0 atom stereocenters. The summed E-state index contributed by atoms with van der Waals surface area (Å²) in [6, 6.07) is 3.52. The van der Waals surface area contributed by atoms with Gasteiger partial charge >= 0.3 is 0 Å². The summed E-state index contributed by atoms with van der Waals surface area (Å²) in [4.78, 5) is 20.2. The van der Waals surface area contributed by atoms with E-state index in [-0.39, 0.29) is 17.1 Å². The summed E-state index contributed by atoms with van der Waals surface area (Å²) >= 11 is 0. The van der Waals surface area contributed by atoms with Crippen LogP contribution in [-0.4, -0.2) is 29.6 Å². The van der Waals surface area contributed by atoms with Crippen molar-refractivity contribution in [3.8, 4) is 0 Å². The third-order valence-corrected chi connectivity index (χ3v) is 2.79. The predicted molar refractivity (Wildman–Crippen MR) is 78.5 cm³/mol. The van der Waals surface area contributed by atoms with Crippen LogP contribution in [0.15, 0.2) is 18.2 Å². The highest BCUT2D eigenvalue weighted by Crippen LogP contribution is 2.28. The molecule has 0 bridgehead atoms. The second-order valence-corrected chi connectivity index (χ2v) is 4.94. The number of hydrogen-bond acceptors (Lipinski definition) is 6. The topological polar surface area (TPSA) is 108 Å². The van der Waals surface area contributed by atoms with Gasteiger partial charge in [0.1, 0.15) is 5.69 Å². The van der Waals surface area contributed by atoms with E-state index in [0.717, 1.165) is 12.5 Å². The molecule has 1 aromatic rings. The van der Waals surface area contributed by atoms with Crippen LogP contribution in [-0.2, 0) is 4.74 Å². The van der Waals surface area contributed by atoms with Crippen molar-refractivity contribution in [2.45, 2.75) is 20.3 Å². The average Bonchev–Trinajstić information content (AvgIpc) is 2.42. The summed E-state index contributed by atoms with van der Waals surface area (Å²) in [6.45, 7) is 5.66. The van der Waals surface area contributed by atoms with Crippen LogP contribution >= 0.6 is 0 Å². The molecule has 0 aliphatic rings. The molecular weight excluding hydrogens is 278 g/mol. The molecule has 0 amide bonds. The molecule has 0 saturated carbocycles. The van der Waals surface area contributed by atoms with E-state index in [4.69, 9.17) is 4.74 Å². The van der Waals surface area contributed by atoms with Gasteiger partial charge in [0.05, 0.1) is 22.5 Å². The molecule has 8 nitrogen and oxygen atoms in total. The Morgan fingerprint density at radius 2 is 1.90 bits per heavy atom. The zero-order valence-electron chi connectivity index (χ0n) is 12.1. The van der Waals surface area contributed by atoms with Crippen LogP contribution in [0.3, 0.4) is 0 Å². The highest BCUT2D eigenvalue weighted by molar-refractivity contribution is 5.65. The number of nitro benzene ring substituents is 2. The first-order valence-corrected chi connectivity index (χ1v) is 6.66. The molecule has 21 heavy (non-hydrogen) atoms. The molecule has 0 saturated heterocycles. The molecule has 8 heteroatoms. The van der Waals surface area contributed by atoms with Crippen molar-refractivity contribution in [1.82, 2.24) is 0 Å². The molecule has 0 heterocycles. The lowest BCUT2D eigenvalue weighted by molar-refractivity contribution is -0.393. The van der Waals surface area contributed by atoms with Crippen molar-refractivity contribution in [2.24, 2.45) is 5.92 Å². The molecule has 0 spiro atoms. The van der Waals surface area contributed by atoms with Crippen molar-refractivity contribution in [3.05, 3.63) is 38.4 Å². The molecule has 0 aliphatic heterocycles. The van der Waals surface area contributed by atoms with Gasteiger partial charge in [-0.15, -0.1) is 0 Å². The maximum Gasteiger partial charge on any atom is 0.299 e. The second-order valence-electron chi connectivity index (χ2n) is 4.94. The molecule has 0 aliphatic carbocycles. The van der Waals surface area contributed by atoms with E-state index in [1.54, 1.807) is 0 Å². The van der Waals surface area contributed by atoms with Crippen molar-refractivity contribution in [2.75, 3.05) is 25.1 Å². The Morgan fingerprint density at radius 3 is 2.48 bits per heavy atom. The van der Waals surface area contributed by atoms with E-state index in [2.05, 4.69) is 19.2 Å². The van der Waals surface area contributed by atoms with Gasteiger partial charge in [0, 0.05) is 19.2 Å². The lowest BCUT2D eigenvalue weighted by atomic mass is 10.1. The molecular formula is C13H19N3O5. The highest BCUT2D eigenvalue weighted by atomic mass is 16.6. The number of anilines is 1. The Balaban J connectivity index is 2.54. The summed E-state index contributed by atoms with van der Waals surface area (Å²) in [6.07, 6.45) is 0.956. The van der Waals surface area contributed by atoms with Crippen LogP contribution in [0.5, 0.6) is 0 Å². The van der Waals surface area contributed by atoms with Gasteiger partial charge in [-0.3, -0.25) is 20.2 Å². The molecule has 0 fully saturated rings. The summed E-state index contributed by atoms with van der Waals surface area (Å²) in [5, 5.41) is 24.4. The number of ether oxygens (including phenoxy) is 1. The van der Waals surface area contributed by atoms with Gasteiger partial charge in [0.2, 0.25) is 0 Å². The van der Waals surface area contributed by atoms with Gasteiger partial charge in [0.25, 0.3) is 11.4 Å². The number of non-ortho nitro benzene ring substituents is 1. The minimum atomic E-state index is -0.661. The molecule has 1 aromatic carbocycles. The van der Waals surface area contributed by atoms with E-state index in [0.29, 0.717) is 25.7 Å². The van der Waals surface area contributed by atoms with Crippen LogP contribution in [0.4, 0.5) is 17.1 Å². The Morgan fingerprint density at radius 1 is 1.19 bits per heavy atom. The third kappa shape index (κ3) is 5.74. The minimum Gasteiger partial charge on any atom is -0.380 e. The molecule has 1 rings (SSSR count).